The highest BCUT2D eigenvalue weighted by Gasteiger charge is 2.13. The molecular formula is C13H25N3O. The van der Waals surface area contributed by atoms with Gasteiger partial charge in [0.05, 0.1) is 11.4 Å². The van der Waals surface area contributed by atoms with Crippen LogP contribution >= 0.6 is 0 Å². The van der Waals surface area contributed by atoms with Crippen LogP contribution in [-0.4, -0.2) is 27.5 Å². The van der Waals surface area contributed by atoms with Crippen LogP contribution in [0.3, 0.4) is 0 Å². The molecule has 1 heterocycles. The van der Waals surface area contributed by atoms with E-state index in [0.29, 0.717) is 12.0 Å². The van der Waals surface area contributed by atoms with Crippen LogP contribution < -0.4 is 5.32 Å². The Bertz CT molecular complexity index is 333. The molecule has 0 aromatic carbocycles. The molecule has 4 heteroatoms. The molecule has 2 N–H and O–H groups in total. The van der Waals surface area contributed by atoms with Crippen molar-refractivity contribution in [2.75, 3.05) is 6.61 Å². The molecule has 1 atom stereocenters. The van der Waals surface area contributed by atoms with Crippen LogP contribution in [0.15, 0.2) is 6.07 Å². The van der Waals surface area contributed by atoms with Crippen molar-refractivity contribution in [3.8, 4) is 0 Å². The lowest BCUT2D eigenvalue weighted by atomic mass is 10.0. The lowest BCUT2D eigenvalue weighted by Crippen LogP contribution is -2.34. The van der Waals surface area contributed by atoms with Gasteiger partial charge in [0.1, 0.15) is 0 Å². The van der Waals surface area contributed by atoms with E-state index in [0.717, 1.165) is 25.2 Å². The quantitative estimate of drug-likeness (QED) is 0.761. The molecule has 0 aliphatic rings. The Morgan fingerprint density at radius 3 is 2.71 bits per heavy atom. The van der Waals surface area contributed by atoms with Gasteiger partial charge in [-0.05, 0) is 32.3 Å². The van der Waals surface area contributed by atoms with Crippen molar-refractivity contribution in [3.63, 3.8) is 0 Å². The van der Waals surface area contributed by atoms with E-state index in [1.807, 2.05) is 11.6 Å². The van der Waals surface area contributed by atoms with E-state index >= 15 is 0 Å². The second-order valence-electron chi connectivity index (χ2n) is 4.84. The summed E-state index contributed by atoms with van der Waals surface area (Å²) in [6.07, 6.45) is 0.802. The molecule has 0 amide bonds. The largest absolute Gasteiger partial charge is 0.396 e. The Morgan fingerprint density at radius 2 is 2.18 bits per heavy atom. The highest BCUT2D eigenvalue weighted by atomic mass is 16.3. The number of aliphatic hydroxyl groups excluding tert-OH is 1. The number of aliphatic hydroxyl groups is 1. The maximum absolute atomic E-state index is 9.03. The zero-order chi connectivity index (χ0) is 12.8. The van der Waals surface area contributed by atoms with Crippen LogP contribution in [0.1, 0.15) is 38.6 Å². The maximum atomic E-state index is 9.03. The first-order valence-electron chi connectivity index (χ1n) is 6.46. The number of rotatable bonds is 7. The lowest BCUT2D eigenvalue weighted by molar-refractivity contribution is 0.243. The molecule has 98 valence electrons. The monoisotopic (exact) mass is 239 g/mol. The highest BCUT2D eigenvalue weighted by molar-refractivity contribution is 5.08. The van der Waals surface area contributed by atoms with E-state index in [9.17, 15) is 0 Å². The van der Waals surface area contributed by atoms with Crippen LogP contribution in [0.4, 0.5) is 0 Å². The highest BCUT2D eigenvalue weighted by Crippen LogP contribution is 2.09. The van der Waals surface area contributed by atoms with Crippen LogP contribution in [0.25, 0.3) is 0 Å². The molecule has 1 aromatic rings. The van der Waals surface area contributed by atoms with Crippen molar-refractivity contribution >= 4 is 0 Å². The molecule has 4 nitrogen and oxygen atoms in total. The summed E-state index contributed by atoms with van der Waals surface area (Å²) in [5, 5.41) is 17.0. The Balaban J connectivity index is 2.58. The first-order valence-corrected chi connectivity index (χ1v) is 6.46. The third kappa shape index (κ3) is 4.13. The van der Waals surface area contributed by atoms with E-state index in [4.69, 9.17) is 5.11 Å². The molecule has 0 aliphatic carbocycles. The molecule has 0 radical (unpaired) electrons. The second kappa shape index (κ2) is 6.77. The van der Waals surface area contributed by atoms with Crippen LogP contribution in [0.2, 0.25) is 0 Å². The molecule has 0 fully saturated rings. The van der Waals surface area contributed by atoms with E-state index in [-0.39, 0.29) is 6.61 Å². The zero-order valence-electron chi connectivity index (χ0n) is 11.4. The van der Waals surface area contributed by atoms with Gasteiger partial charge in [0.25, 0.3) is 0 Å². The average molecular weight is 239 g/mol. The van der Waals surface area contributed by atoms with Crippen LogP contribution in [-0.2, 0) is 13.1 Å². The molecule has 0 saturated heterocycles. The van der Waals surface area contributed by atoms with Crippen LogP contribution in [0.5, 0.6) is 0 Å². The van der Waals surface area contributed by atoms with Gasteiger partial charge >= 0.3 is 0 Å². The fourth-order valence-corrected chi connectivity index (χ4v) is 2.06. The van der Waals surface area contributed by atoms with Gasteiger partial charge in [-0.1, -0.05) is 13.8 Å². The number of aromatic nitrogens is 2. The van der Waals surface area contributed by atoms with Crippen molar-refractivity contribution in [1.29, 1.82) is 0 Å². The minimum atomic E-state index is 0.238. The first-order chi connectivity index (χ1) is 8.08. The number of nitrogens with one attached hydrogen (secondary N) is 1. The lowest BCUT2D eigenvalue weighted by Gasteiger charge is -2.21. The van der Waals surface area contributed by atoms with Crippen molar-refractivity contribution in [2.24, 2.45) is 5.92 Å². The van der Waals surface area contributed by atoms with Gasteiger partial charge < -0.3 is 10.4 Å². The summed E-state index contributed by atoms with van der Waals surface area (Å²) in [7, 11) is 0. The zero-order valence-corrected chi connectivity index (χ0v) is 11.4. The van der Waals surface area contributed by atoms with Crippen molar-refractivity contribution in [1.82, 2.24) is 15.1 Å². The predicted molar refractivity (Wildman–Crippen MR) is 69.8 cm³/mol. The summed E-state index contributed by atoms with van der Waals surface area (Å²) < 4.78 is 2.03. The van der Waals surface area contributed by atoms with Crippen molar-refractivity contribution in [3.05, 3.63) is 17.5 Å². The predicted octanol–water partition coefficient (Wildman–Crippen LogP) is 1.71. The first kappa shape index (κ1) is 14.2. The van der Waals surface area contributed by atoms with E-state index < -0.39 is 0 Å². The number of hydrogen-bond donors (Lipinski definition) is 2. The van der Waals surface area contributed by atoms with Crippen LogP contribution in [0, 0.1) is 12.8 Å². The fraction of sp³-hybridized carbons (Fsp3) is 0.769. The SMILES string of the molecule is CCn1nc(C)cc1CNC(CCO)C(C)C. The summed E-state index contributed by atoms with van der Waals surface area (Å²) in [5.41, 5.74) is 2.28. The molecule has 0 aliphatic heterocycles. The van der Waals surface area contributed by atoms with Gasteiger partial charge in [0.15, 0.2) is 0 Å². The topological polar surface area (TPSA) is 50.1 Å². The second-order valence-corrected chi connectivity index (χ2v) is 4.84. The van der Waals surface area contributed by atoms with E-state index in [2.05, 4.69) is 37.3 Å². The summed E-state index contributed by atoms with van der Waals surface area (Å²) in [4.78, 5) is 0. The van der Waals surface area contributed by atoms with Gasteiger partial charge in [-0.15, -0.1) is 0 Å². The Labute approximate surface area is 104 Å². The molecule has 1 unspecified atom stereocenters. The summed E-state index contributed by atoms with van der Waals surface area (Å²) in [5.74, 6) is 0.529. The van der Waals surface area contributed by atoms with Gasteiger partial charge in [-0.25, -0.2) is 0 Å². The molecular weight excluding hydrogens is 214 g/mol. The summed E-state index contributed by atoms with van der Waals surface area (Å²) in [6.45, 7) is 10.4. The normalized spacial score (nSPS) is 13.3. The van der Waals surface area contributed by atoms with E-state index in [1.165, 1.54) is 5.69 Å². The minimum Gasteiger partial charge on any atom is -0.396 e. The van der Waals surface area contributed by atoms with Crippen molar-refractivity contribution in [2.45, 2.75) is 53.2 Å². The number of aryl methyl sites for hydroxylation is 2. The molecule has 0 spiro atoms. The Morgan fingerprint density at radius 1 is 1.47 bits per heavy atom. The minimum absolute atomic E-state index is 0.238. The van der Waals surface area contributed by atoms with Gasteiger partial charge in [-0.2, -0.15) is 5.10 Å². The maximum Gasteiger partial charge on any atom is 0.0597 e. The molecule has 1 aromatic heterocycles. The molecule has 17 heavy (non-hydrogen) atoms. The average Bonchev–Trinajstić information content (AvgIpc) is 2.64. The molecule has 1 rings (SSSR count). The Kier molecular flexibility index (Phi) is 5.65. The van der Waals surface area contributed by atoms with Gasteiger partial charge in [-0.3, -0.25) is 4.68 Å². The molecule has 0 saturated carbocycles. The summed E-state index contributed by atoms with van der Waals surface area (Å²) in [6, 6.07) is 2.48. The smallest absolute Gasteiger partial charge is 0.0597 e. The third-order valence-corrected chi connectivity index (χ3v) is 3.08. The Hall–Kier alpha value is -0.870. The van der Waals surface area contributed by atoms with Gasteiger partial charge in [0.2, 0.25) is 0 Å². The van der Waals surface area contributed by atoms with Gasteiger partial charge in [0, 0.05) is 25.7 Å². The van der Waals surface area contributed by atoms with Crippen molar-refractivity contribution < 1.29 is 5.11 Å². The fourth-order valence-electron chi connectivity index (χ4n) is 2.06. The molecule has 0 bridgehead atoms. The standard InChI is InChI=1S/C13H25N3O/c1-5-16-12(8-11(4)15-16)9-14-13(6-7-17)10(2)3/h8,10,13-14,17H,5-7,9H2,1-4H3. The van der Waals surface area contributed by atoms with E-state index in [1.54, 1.807) is 0 Å². The third-order valence-electron chi connectivity index (χ3n) is 3.08. The number of nitrogens with zero attached hydrogens (tertiary/aromatic N) is 2. The summed E-state index contributed by atoms with van der Waals surface area (Å²) >= 11 is 0. The number of hydrogen-bond acceptors (Lipinski definition) is 3.